The average molecular weight is 299 g/mol. The molecule has 0 saturated carbocycles. The molecule has 2 aromatic rings. The van der Waals surface area contributed by atoms with Crippen molar-refractivity contribution in [2.45, 2.75) is 18.9 Å². The third-order valence-electron chi connectivity index (χ3n) is 4.14. The van der Waals surface area contributed by atoms with Gasteiger partial charge in [0.05, 0.1) is 17.2 Å². The van der Waals surface area contributed by atoms with E-state index in [-0.39, 0.29) is 17.9 Å². The van der Waals surface area contributed by atoms with Gasteiger partial charge in [0.1, 0.15) is 0 Å². The van der Waals surface area contributed by atoms with E-state index in [1.165, 1.54) is 4.90 Å². The molecule has 0 saturated heterocycles. The topological polar surface area (TPSA) is 50.3 Å². The molecule has 5 heteroatoms. The lowest BCUT2D eigenvalue weighted by Crippen LogP contribution is -2.33. The summed E-state index contributed by atoms with van der Waals surface area (Å²) >= 11 is 6.26. The van der Waals surface area contributed by atoms with Crippen LogP contribution >= 0.6 is 11.6 Å². The molecule has 0 fully saturated rings. The molecule has 0 radical (unpaired) electrons. The highest BCUT2D eigenvalue weighted by atomic mass is 35.5. The molecule has 2 amide bonds. The van der Waals surface area contributed by atoms with Gasteiger partial charge in [-0.1, -0.05) is 23.7 Å². The van der Waals surface area contributed by atoms with Gasteiger partial charge in [0.15, 0.2) is 0 Å². The first-order chi connectivity index (χ1) is 10.2. The molecule has 1 aliphatic heterocycles. The molecule has 21 heavy (non-hydrogen) atoms. The van der Waals surface area contributed by atoms with E-state index < -0.39 is 0 Å². The van der Waals surface area contributed by atoms with Gasteiger partial charge in [0.25, 0.3) is 11.8 Å². The number of hydrogen-bond acceptors (Lipinski definition) is 3. The molecule has 2 aliphatic rings. The average Bonchev–Trinajstić information content (AvgIpc) is 3.01. The Morgan fingerprint density at radius 2 is 1.76 bits per heavy atom. The Hall–Kier alpha value is -2.20. The Morgan fingerprint density at radius 1 is 1.10 bits per heavy atom. The fourth-order valence-corrected chi connectivity index (χ4v) is 3.50. The minimum absolute atomic E-state index is 0.242. The Balaban J connectivity index is 1.82. The van der Waals surface area contributed by atoms with Crippen molar-refractivity contribution in [2.75, 3.05) is 0 Å². The molecule has 104 valence electrons. The van der Waals surface area contributed by atoms with Crippen molar-refractivity contribution in [3.63, 3.8) is 0 Å². The number of amides is 2. The number of aryl methyl sites for hydroxylation is 1. The van der Waals surface area contributed by atoms with Gasteiger partial charge >= 0.3 is 0 Å². The Kier molecular flexibility index (Phi) is 2.62. The highest BCUT2D eigenvalue weighted by Crippen LogP contribution is 2.42. The van der Waals surface area contributed by atoms with Crippen LogP contribution < -0.4 is 0 Å². The molecule has 2 heterocycles. The molecule has 1 unspecified atom stereocenters. The van der Waals surface area contributed by atoms with Gasteiger partial charge < -0.3 is 0 Å². The van der Waals surface area contributed by atoms with Gasteiger partial charge in [-0.25, -0.2) is 0 Å². The number of fused-ring (bicyclic) bond motifs is 2. The largest absolute Gasteiger partial charge is 0.269 e. The van der Waals surface area contributed by atoms with Gasteiger partial charge in [-0.05, 0) is 31.0 Å². The summed E-state index contributed by atoms with van der Waals surface area (Å²) in [5.74, 6) is -0.485. The third-order valence-corrected chi connectivity index (χ3v) is 4.47. The molecule has 0 bridgehead atoms. The lowest BCUT2D eigenvalue weighted by Gasteiger charge is -2.23. The van der Waals surface area contributed by atoms with Crippen LogP contribution in [0.4, 0.5) is 0 Å². The van der Waals surface area contributed by atoms with Crippen LogP contribution in [-0.2, 0) is 6.42 Å². The zero-order valence-electron chi connectivity index (χ0n) is 11.0. The molecule has 0 spiro atoms. The summed E-state index contributed by atoms with van der Waals surface area (Å²) in [4.78, 5) is 30.8. The standard InChI is InChI=1S/C16H11ClN2O2/c17-11-7-8-18-12-5-6-13(14(11)12)19-15(20)9-3-1-2-4-10(9)16(19)21/h1-4,7-8,13H,5-6H2. The summed E-state index contributed by atoms with van der Waals surface area (Å²) < 4.78 is 0. The monoisotopic (exact) mass is 298 g/mol. The first-order valence-electron chi connectivity index (χ1n) is 6.78. The van der Waals surface area contributed by atoms with Crippen LogP contribution in [0.15, 0.2) is 36.5 Å². The van der Waals surface area contributed by atoms with Gasteiger partial charge in [-0.3, -0.25) is 19.5 Å². The third kappa shape index (κ3) is 1.66. The SMILES string of the molecule is O=C1c2ccccc2C(=O)N1C1CCc2nccc(Cl)c21. The van der Waals surface area contributed by atoms with Crippen molar-refractivity contribution >= 4 is 23.4 Å². The van der Waals surface area contributed by atoms with E-state index in [1.807, 2.05) is 0 Å². The molecule has 0 N–H and O–H groups in total. The summed E-state index contributed by atoms with van der Waals surface area (Å²) in [5.41, 5.74) is 2.63. The number of halogens is 1. The number of benzene rings is 1. The second-order valence-electron chi connectivity index (χ2n) is 5.23. The number of nitrogens with zero attached hydrogens (tertiary/aromatic N) is 2. The predicted octanol–water partition coefficient (Wildman–Crippen LogP) is 3.02. The quantitative estimate of drug-likeness (QED) is 0.760. The van der Waals surface area contributed by atoms with Crippen molar-refractivity contribution in [3.05, 3.63) is 63.9 Å². The van der Waals surface area contributed by atoms with Gasteiger partial charge in [0.2, 0.25) is 0 Å². The number of rotatable bonds is 1. The Labute approximate surface area is 126 Å². The minimum Gasteiger partial charge on any atom is -0.269 e. The fourth-order valence-electron chi connectivity index (χ4n) is 3.21. The molecule has 4 rings (SSSR count). The van der Waals surface area contributed by atoms with Crippen LogP contribution in [0.3, 0.4) is 0 Å². The van der Waals surface area contributed by atoms with Gasteiger partial charge in [0, 0.05) is 22.5 Å². The summed E-state index contributed by atoms with van der Waals surface area (Å²) in [5, 5.41) is 0.569. The maximum absolute atomic E-state index is 12.6. The number of pyridine rings is 1. The maximum Gasteiger partial charge on any atom is 0.262 e. The minimum atomic E-state index is -0.311. The number of imide groups is 1. The first kappa shape index (κ1) is 12.5. The van der Waals surface area contributed by atoms with Crippen LogP contribution in [0.5, 0.6) is 0 Å². The van der Waals surface area contributed by atoms with E-state index in [2.05, 4.69) is 4.98 Å². The number of aromatic nitrogens is 1. The second-order valence-corrected chi connectivity index (χ2v) is 5.64. The summed E-state index contributed by atoms with van der Waals surface area (Å²) in [6, 6.07) is 8.31. The lowest BCUT2D eigenvalue weighted by molar-refractivity contribution is 0.0582. The van der Waals surface area contributed by atoms with Crippen LogP contribution in [0.2, 0.25) is 5.02 Å². The van der Waals surface area contributed by atoms with E-state index in [0.717, 1.165) is 17.7 Å². The van der Waals surface area contributed by atoms with Crippen LogP contribution in [0.25, 0.3) is 0 Å². The molecular formula is C16H11ClN2O2. The number of carbonyl (C=O) groups excluding carboxylic acids is 2. The van der Waals surface area contributed by atoms with Crippen LogP contribution in [0.1, 0.15) is 44.4 Å². The van der Waals surface area contributed by atoms with Crippen molar-refractivity contribution in [1.29, 1.82) is 0 Å². The van der Waals surface area contributed by atoms with E-state index in [9.17, 15) is 9.59 Å². The van der Waals surface area contributed by atoms with E-state index in [4.69, 9.17) is 11.6 Å². The van der Waals surface area contributed by atoms with E-state index >= 15 is 0 Å². The summed E-state index contributed by atoms with van der Waals surface area (Å²) in [7, 11) is 0. The Bertz CT molecular complexity index is 753. The predicted molar refractivity (Wildman–Crippen MR) is 77.3 cm³/mol. The van der Waals surface area contributed by atoms with Crippen molar-refractivity contribution in [3.8, 4) is 0 Å². The molecule has 1 atom stereocenters. The number of carbonyl (C=O) groups is 2. The highest BCUT2D eigenvalue weighted by molar-refractivity contribution is 6.31. The lowest BCUT2D eigenvalue weighted by atomic mass is 10.1. The number of hydrogen-bond donors (Lipinski definition) is 0. The van der Waals surface area contributed by atoms with Crippen LogP contribution in [-0.4, -0.2) is 21.7 Å². The molecule has 1 aromatic carbocycles. The van der Waals surface area contributed by atoms with Gasteiger partial charge in [-0.2, -0.15) is 0 Å². The molecule has 1 aliphatic carbocycles. The highest BCUT2D eigenvalue weighted by Gasteiger charge is 2.43. The molecular weight excluding hydrogens is 288 g/mol. The van der Waals surface area contributed by atoms with Gasteiger partial charge in [-0.15, -0.1) is 0 Å². The first-order valence-corrected chi connectivity index (χ1v) is 7.16. The summed E-state index contributed by atoms with van der Waals surface area (Å²) in [6.45, 7) is 0. The summed E-state index contributed by atoms with van der Waals surface area (Å²) in [6.07, 6.45) is 3.07. The van der Waals surface area contributed by atoms with Crippen molar-refractivity contribution in [2.24, 2.45) is 0 Å². The second kappa shape index (κ2) is 4.40. The Morgan fingerprint density at radius 3 is 2.43 bits per heavy atom. The van der Waals surface area contributed by atoms with E-state index in [0.29, 0.717) is 22.6 Å². The maximum atomic E-state index is 12.6. The normalized spacial score (nSPS) is 19.9. The van der Waals surface area contributed by atoms with Crippen molar-refractivity contribution in [1.82, 2.24) is 9.88 Å². The van der Waals surface area contributed by atoms with Crippen LogP contribution in [0, 0.1) is 0 Å². The van der Waals surface area contributed by atoms with E-state index in [1.54, 1.807) is 36.5 Å². The molecule has 4 nitrogen and oxygen atoms in total. The van der Waals surface area contributed by atoms with Crippen molar-refractivity contribution < 1.29 is 9.59 Å². The zero-order valence-corrected chi connectivity index (χ0v) is 11.8. The zero-order chi connectivity index (χ0) is 14.6. The fraction of sp³-hybridized carbons (Fsp3) is 0.188. The molecule has 1 aromatic heterocycles. The smallest absolute Gasteiger partial charge is 0.262 e.